The van der Waals surface area contributed by atoms with Gasteiger partial charge in [-0.1, -0.05) is 0 Å². The lowest BCUT2D eigenvalue weighted by Gasteiger charge is -2.21. The van der Waals surface area contributed by atoms with Crippen LogP contribution in [0.15, 0.2) is 0 Å². The molecule has 86 valence electrons. The number of carbonyl (C=O) groups is 1. The molecular formula is C11H18ClNO2. The van der Waals surface area contributed by atoms with E-state index in [2.05, 4.69) is 5.32 Å². The van der Waals surface area contributed by atoms with Gasteiger partial charge >= 0.3 is 0 Å². The number of hydrogen-bond donors (Lipinski definition) is 1. The fraction of sp³-hybridized carbons (Fsp3) is 0.909. The average Bonchev–Trinajstić information content (AvgIpc) is 3.10. The molecule has 0 aromatic rings. The van der Waals surface area contributed by atoms with Crippen molar-refractivity contribution in [2.24, 2.45) is 11.8 Å². The van der Waals surface area contributed by atoms with E-state index in [1.807, 2.05) is 0 Å². The van der Waals surface area contributed by atoms with Crippen LogP contribution >= 0.6 is 11.6 Å². The zero-order chi connectivity index (χ0) is 10.7. The van der Waals surface area contributed by atoms with Crippen LogP contribution in [0.4, 0.5) is 0 Å². The van der Waals surface area contributed by atoms with Crippen molar-refractivity contribution in [1.29, 1.82) is 0 Å². The number of nitrogens with one attached hydrogen (secondary N) is 1. The van der Waals surface area contributed by atoms with Crippen molar-refractivity contribution in [3.05, 3.63) is 0 Å². The molecule has 1 aliphatic carbocycles. The first-order valence-electron chi connectivity index (χ1n) is 5.77. The molecule has 1 amide bonds. The van der Waals surface area contributed by atoms with Crippen LogP contribution in [0.5, 0.6) is 0 Å². The fourth-order valence-electron chi connectivity index (χ4n) is 1.93. The molecule has 1 unspecified atom stereocenters. The van der Waals surface area contributed by atoms with E-state index in [0.717, 1.165) is 12.8 Å². The van der Waals surface area contributed by atoms with Gasteiger partial charge in [-0.25, -0.2) is 0 Å². The summed E-state index contributed by atoms with van der Waals surface area (Å²) in [6, 6.07) is 0. The van der Waals surface area contributed by atoms with E-state index >= 15 is 0 Å². The van der Waals surface area contributed by atoms with Gasteiger partial charge in [-0.05, 0) is 31.6 Å². The molecule has 0 bridgehead atoms. The van der Waals surface area contributed by atoms with Crippen molar-refractivity contribution in [3.63, 3.8) is 0 Å². The molecule has 1 saturated carbocycles. The van der Waals surface area contributed by atoms with Crippen molar-refractivity contribution in [2.45, 2.75) is 31.1 Å². The summed E-state index contributed by atoms with van der Waals surface area (Å²) in [5.41, 5.74) is 0. The normalized spacial score (nSPS) is 24.9. The highest BCUT2D eigenvalue weighted by Gasteiger charge is 2.30. The molecule has 0 spiro atoms. The van der Waals surface area contributed by atoms with Gasteiger partial charge < -0.3 is 10.1 Å². The van der Waals surface area contributed by atoms with Crippen molar-refractivity contribution < 1.29 is 9.53 Å². The topological polar surface area (TPSA) is 38.3 Å². The van der Waals surface area contributed by atoms with Crippen molar-refractivity contribution >= 4 is 17.5 Å². The van der Waals surface area contributed by atoms with Gasteiger partial charge in [0.05, 0.1) is 5.38 Å². The standard InChI is InChI=1S/C11H18ClNO2/c12-10(8-1-2-8)7-13-11(14)9-3-5-15-6-4-9/h8-10H,1-7H2,(H,13,14). The Bertz CT molecular complexity index is 225. The van der Waals surface area contributed by atoms with Crippen molar-refractivity contribution in [3.8, 4) is 0 Å². The molecule has 2 rings (SSSR count). The monoisotopic (exact) mass is 231 g/mol. The number of alkyl halides is 1. The molecule has 0 aromatic carbocycles. The number of hydrogen-bond acceptors (Lipinski definition) is 2. The molecular weight excluding hydrogens is 214 g/mol. The molecule has 0 aromatic heterocycles. The molecule has 1 aliphatic heterocycles. The summed E-state index contributed by atoms with van der Waals surface area (Å²) in [5, 5.41) is 3.08. The molecule has 1 saturated heterocycles. The van der Waals surface area contributed by atoms with E-state index in [9.17, 15) is 4.79 Å². The fourth-order valence-corrected chi connectivity index (χ4v) is 2.26. The number of halogens is 1. The molecule has 1 heterocycles. The Kier molecular flexibility index (Phi) is 3.87. The van der Waals surface area contributed by atoms with Crippen LogP contribution in [0.3, 0.4) is 0 Å². The zero-order valence-corrected chi connectivity index (χ0v) is 9.63. The smallest absolute Gasteiger partial charge is 0.223 e. The minimum absolute atomic E-state index is 0.133. The zero-order valence-electron chi connectivity index (χ0n) is 8.88. The highest BCUT2D eigenvalue weighted by atomic mass is 35.5. The van der Waals surface area contributed by atoms with Gasteiger partial charge in [-0.2, -0.15) is 0 Å². The first kappa shape index (κ1) is 11.2. The van der Waals surface area contributed by atoms with Crippen LogP contribution in [0.1, 0.15) is 25.7 Å². The summed E-state index contributed by atoms with van der Waals surface area (Å²) in [5.74, 6) is 0.938. The Morgan fingerprint density at radius 1 is 1.33 bits per heavy atom. The lowest BCUT2D eigenvalue weighted by molar-refractivity contribution is -0.127. The predicted octanol–water partition coefficient (Wildman–Crippen LogP) is 1.55. The van der Waals surface area contributed by atoms with Crippen molar-refractivity contribution in [1.82, 2.24) is 5.32 Å². The minimum atomic E-state index is 0.133. The van der Waals surface area contributed by atoms with Crippen molar-refractivity contribution in [2.75, 3.05) is 19.8 Å². The van der Waals surface area contributed by atoms with Crippen LogP contribution in [0.2, 0.25) is 0 Å². The average molecular weight is 232 g/mol. The van der Waals surface area contributed by atoms with Gasteiger partial charge in [0.1, 0.15) is 0 Å². The Morgan fingerprint density at radius 2 is 2.00 bits per heavy atom. The third kappa shape index (κ3) is 3.35. The quantitative estimate of drug-likeness (QED) is 0.746. The molecule has 2 aliphatic rings. The molecule has 3 nitrogen and oxygen atoms in total. The van der Waals surface area contributed by atoms with Gasteiger partial charge in [0.2, 0.25) is 5.91 Å². The van der Waals surface area contributed by atoms with Crippen LogP contribution in [0, 0.1) is 11.8 Å². The van der Waals surface area contributed by atoms with E-state index in [0.29, 0.717) is 25.7 Å². The minimum Gasteiger partial charge on any atom is -0.381 e. The summed E-state index contributed by atoms with van der Waals surface area (Å²) < 4.78 is 5.22. The lowest BCUT2D eigenvalue weighted by atomic mass is 9.99. The van der Waals surface area contributed by atoms with E-state index < -0.39 is 0 Å². The van der Waals surface area contributed by atoms with E-state index in [1.165, 1.54) is 12.8 Å². The maximum atomic E-state index is 11.7. The van der Waals surface area contributed by atoms with E-state index in [-0.39, 0.29) is 17.2 Å². The molecule has 15 heavy (non-hydrogen) atoms. The van der Waals surface area contributed by atoms with Gasteiger partial charge in [0.15, 0.2) is 0 Å². The summed E-state index contributed by atoms with van der Waals surface area (Å²) >= 11 is 6.12. The van der Waals surface area contributed by atoms with Crippen LogP contribution in [-0.4, -0.2) is 31.0 Å². The molecule has 4 heteroatoms. The second-order valence-electron chi connectivity index (χ2n) is 4.49. The first-order chi connectivity index (χ1) is 7.27. The first-order valence-corrected chi connectivity index (χ1v) is 6.20. The third-order valence-electron chi connectivity index (χ3n) is 3.20. The lowest BCUT2D eigenvalue weighted by Crippen LogP contribution is -2.37. The van der Waals surface area contributed by atoms with Crippen LogP contribution < -0.4 is 5.32 Å². The van der Waals surface area contributed by atoms with Gasteiger partial charge in [0.25, 0.3) is 0 Å². The maximum absolute atomic E-state index is 11.7. The SMILES string of the molecule is O=C(NCC(Cl)C1CC1)C1CCOCC1. The summed E-state index contributed by atoms with van der Waals surface area (Å²) in [4.78, 5) is 11.7. The second-order valence-corrected chi connectivity index (χ2v) is 5.05. The third-order valence-corrected chi connectivity index (χ3v) is 3.71. The maximum Gasteiger partial charge on any atom is 0.223 e. The Hall–Kier alpha value is -0.280. The molecule has 2 fully saturated rings. The van der Waals surface area contributed by atoms with Gasteiger partial charge in [0, 0.05) is 25.7 Å². The molecule has 1 N–H and O–H groups in total. The Balaban J connectivity index is 1.66. The summed E-state index contributed by atoms with van der Waals surface area (Å²) in [7, 11) is 0. The molecule has 1 atom stereocenters. The number of rotatable bonds is 4. The summed E-state index contributed by atoms with van der Waals surface area (Å²) in [6.45, 7) is 2.05. The largest absolute Gasteiger partial charge is 0.381 e. The second kappa shape index (κ2) is 5.17. The molecule has 0 radical (unpaired) electrons. The van der Waals surface area contributed by atoms with Gasteiger partial charge in [-0.3, -0.25) is 4.79 Å². The number of amides is 1. The number of carbonyl (C=O) groups excluding carboxylic acids is 1. The Labute approximate surface area is 95.5 Å². The van der Waals surface area contributed by atoms with E-state index in [4.69, 9.17) is 16.3 Å². The summed E-state index contributed by atoms with van der Waals surface area (Å²) in [6.07, 6.45) is 4.15. The van der Waals surface area contributed by atoms with E-state index in [1.54, 1.807) is 0 Å². The highest BCUT2D eigenvalue weighted by molar-refractivity contribution is 6.21. The number of ether oxygens (including phenoxy) is 1. The van der Waals surface area contributed by atoms with Crippen LogP contribution in [0.25, 0.3) is 0 Å². The highest BCUT2D eigenvalue weighted by Crippen LogP contribution is 2.35. The van der Waals surface area contributed by atoms with Crippen LogP contribution in [-0.2, 0) is 9.53 Å². The van der Waals surface area contributed by atoms with Gasteiger partial charge in [-0.15, -0.1) is 11.6 Å². The predicted molar refractivity (Wildman–Crippen MR) is 58.9 cm³/mol. The Morgan fingerprint density at radius 3 is 2.60 bits per heavy atom.